The summed E-state index contributed by atoms with van der Waals surface area (Å²) in [7, 11) is 0. The lowest BCUT2D eigenvalue weighted by Gasteiger charge is -2.04. The quantitative estimate of drug-likeness (QED) is 0.341. The van der Waals surface area contributed by atoms with Crippen molar-refractivity contribution >= 4 is 18.0 Å². The highest BCUT2D eigenvalue weighted by Crippen LogP contribution is 2.18. The van der Waals surface area contributed by atoms with E-state index in [1.54, 1.807) is 11.8 Å². The Labute approximate surface area is 111 Å². The second kappa shape index (κ2) is 6.99. The average Bonchev–Trinajstić information content (AvgIpc) is 2.45. The third-order valence-electron chi connectivity index (χ3n) is 2.44. The molecule has 0 fully saturated rings. The molecular weight excluding hydrogens is 244 g/mol. The smallest absolute Gasteiger partial charge is 0.150 e. The molecule has 0 aliphatic carbocycles. The molecule has 0 aromatic heterocycles. The zero-order valence-electron chi connectivity index (χ0n) is 9.91. The molecule has 0 atom stereocenters. The van der Waals surface area contributed by atoms with Crippen LogP contribution in [0.25, 0.3) is 0 Å². The molecule has 0 saturated carbocycles. The summed E-state index contributed by atoms with van der Waals surface area (Å²) in [5, 5.41) is 0. The molecule has 3 heteroatoms. The van der Waals surface area contributed by atoms with Crippen LogP contribution in [0.1, 0.15) is 15.9 Å². The molecule has 0 spiro atoms. The first-order chi connectivity index (χ1) is 8.88. The first kappa shape index (κ1) is 12.9. The van der Waals surface area contributed by atoms with E-state index in [1.165, 1.54) is 5.56 Å². The van der Waals surface area contributed by atoms with Gasteiger partial charge >= 0.3 is 0 Å². The van der Waals surface area contributed by atoms with Crippen molar-refractivity contribution in [3.05, 3.63) is 65.7 Å². The number of hydrogen-bond acceptors (Lipinski definition) is 3. The summed E-state index contributed by atoms with van der Waals surface area (Å²) in [5.41, 5.74) is 1.87. The van der Waals surface area contributed by atoms with Crippen LogP contribution in [0, 0.1) is 0 Å². The zero-order valence-corrected chi connectivity index (χ0v) is 10.7. The molecule has 0 amide bonds. The lowest BCUT2D eigenvalue weighted by molar-refractivity contribution is 0.112. The maximum absolute atomic E-state index is 10.5. The fourth-order valence-electron chi connectivity index (χ4n) is 1.49. The van der Waals surface area contributed by atoms with Gasteiger partial charge in [-0.05, 0) is 17.7 Å². The van der Waals surface area contributed by atoms with Gasteiger partial charge in [-0.3, -0.25) is 4.79 Å². The highest BCUT2D eigenvalue weighted by molar-refractivity contribution is 7.99. The van der Waals surface area contributed by atoms with Crippen LogP contribution in [0.2, 0.25) is 0 Å². The Kier molecular flexibility index (Phi) is 5.00. The van der Waals surface area contributed by atoms with Crippen LogP contribution in [0.3, 0.4) is 0 Å². The van der Waals surface area contributed by atoms with Crippen molar-refractivity contribution in [1.29, 1.82) is 0 Å². The Hall–Kier alpha value is -1.58. The van der Waals surface area contributed by atoms with E-state index in [9.17, 15) is 4.79 Å². The summed E-state index contributed by atoms with van der Waals surface area (Å²) in [6.07, 6.45) is 0.848. The third kappa shape index (κ3) is 4.02. The molecule has 0 saturated heterocycles. The van der Waals surface area contributed by atoms with Crippen LogP contribution in [0.4, 0.5) is 0 Å². The Morgan fingerprint density at radius 3 is 2.39 bits per heavy atom. The average molecular weight is 258 g/mol. The molecule has 2 rings (SSSR count). The van der Waals surface area contributed by atoms with Gasteiger partial charge in [-0.15, -0.1) is 0 Å². The summed E-state index contributed by atoms with van der Waals surface area (Å²) in [5.74, 6) is 0.606. The highest BCUT2D eigenvalue weighted by atomic mass is 32.2. The normalized spacial score (nSPS) is 10.2. The lowest BCUT2D eigenvalue weighted by Crippen LogP contribution is -1.91. The molecule has 92 valence electrons. The van der Waals surface area contributed by atoms with Gasteiger partial charge in [0.05, 0.1) is 12.5 Å². The topological polar surface area (TPSA) is 26.3 Å². The molecule has 0 aliphatic heterocycles. The second-order valence-corrected chi connectivity index (χ2v) is 4.78. The maximum atomic E-state index is 10.5. The number of carbonyl (C=O) groups excluding carboxylic acids is 1. The van der Waals surface area contributed by atoms with Gasteiger partial charge in [0, 0.05) is 10.5 Å². The van der Waals surface area contributed by atoms with Gasteiger partial charge in [-0.25, -0.2) is 0 Å². The van der Waals surface area contributed by atoms with Gasteiger partial charge < -0.3 is 4.74 Å². The largest absolute Gasteiger partial charge is 0.366 e. The first-order valence-electron chi connectivity index (χ1n) is 5.68. The van der Waals surface area contributed by atoms with Crippen molar-refractivity contribution in [1.82, 2.24) is 0 Å². The van der Waals surface area contributed by atoms with Crippen LogP contribution < -0.4 is 0 Å². The minimum atomic E-state index is 0.606. The van der Waals surface area contributed by atoms with Crippen LogP contribution in [-0.2, 0) is 11.3 Å². The Morgan fingerprint density at radius 1 is 1.00 bits per heavy atom. The number of thioether (sulfide) groups is 1. The summed E-state index contributed by atoms with van der Waals surface area (Å²) in [6, 6.07) is 17.6. The number of carbonyl (C=O) groups is 1. The van der Waals surface area contributed by atoms with Gasteiger partial charge in [0.25, 0.3) is 0 Å². The summed E-state index contributed by atoms with van der Waals surface area (Å²) < 4.78 is 5.57. The number of ether oxygens (including phenoxy) is 1. The number of rotatable bonds is 6. The molecule has 0 radical (unpaired) electrons. The van der Waals surface area contributed by atoms with E-state index in [2.05, 4.69) is 0 Å². The summed E-state index contributed by atoms with van der Waals surface area (Å²) >= 11 is 1.62. The van der Waals surface area contributed by atoms with Crippen molar-refractivity contribution in [2.24, 2.45) is 0 Å². The predicted molar refractivity (Wildman–Crippen MR) is 73.8 cm³/mol. The van der Waals surface area contributed by atoms with Gasteiger partial charge in [0.15, 0.2) is 0 Å². The molecule has 0 unspecified atom stereocenters. The first-order valence-corrected chi connectivity index (χ1v) is 6.67. The molecule has 0 aliphatic rings. The molecule has 2 aromatic carbocycles. The summed E-state index contributed by atoms with van der Waals surface area (Å²) in [6.45, 7) is 0.625. The predicted octanol–water partition coefficient (Wildman–Crippen LogP) is 3.77. The van der Waals surface area contributed by atoms with Crippen molar-refractivity contribution in [2.45, 2.75) is 11.5 Å². The lowest BCUT2D eigenvalue weighted by atomic mass is 10.2. The molecule has 18 heavy (non-hydrogen) atoms. The second-order valence-electron chi connectivity index (χ2n) is 3.78. The molecular formula is C15H14O2S. The monoisotopic (exact) mass is 258 g/mol. The van der Waals surface area contributed by atoms with Crippen molar-refractivity contribution in [3.63, 3.8) is 0 Å². The van der Waals surface area contributed by atoms with Crippen molar-refractivity contribution in [3.8, 4) is 0 Å². The van der Waals surface area contributed by atoms with Crippen LogP contribution in [0.15, 0.2) is 59.5 Å². The fourth-order valence-corrected chi connectivity index (χ4v) is 2.12. The molecule has 2 aromatic rings. The van der Waals surface area contributed by atoms with E-state index in [4.69, 9.17) is 4.74 Å². The standard InChI is InChI=1S/C15H14O2S/c16-10-13-6-8-15(9-7-13)18-12-17-11-14-4-2-1-3-5-14/h1-10H,11-12H2. The highest BCUT2D eigenvalue weighted by Gasteiger charge is 1.96. The number of benzene rings is 2. The van der Waals surface area contributed by atoms with E-state index in [0.29, 0.717) is 18.1 Å². The van der Waals surface area contributed by atoms with Gasteiger partial charge in [0.2, 0.25) is 0 Å². The Balaban J connectivity index is 1.73. The van der Waals surface area contributed by atoms with Crippen LogP contribution >= 0.6 is 11.8 Å². The minimum Gasteiger partial charge on any atom is -0.366 e. The minimum absolute atomic E-state index is 0.606. The fraction of sp³-hybridized carbons (Fsp3) is 0.133. The van der Waals surface area contributed by atoms with Crippen molar-refractivity contribution < 1.29 is 9.53 Å². The van der Waals surface area contributed by atoms with Crippen molar-refractivity contribution in [2.75, 3.05) is 5.94 Å². The number of hydrogen-bond donors (Lipinski definition) is 0. The molecule has 0 bridgehead atoms. The van der Waals surface area contributed by atoms with E-state index >= 15 is 0 Å². The molecule has 0 N–H and O–H groups in total. The number of aldehydes is 1. The van der Waals surface area contributed by atoms with E-state index < -0.39 is 0 Å². The Bertz CT molecular complexity index is 480. The van der Waals surface area contributed by atoms with Gasteiger partial charge in [-0.1, -0.05) is 54.2 Å². The van der Waals surface area contributed by atoms with Gasteiger partial charge in [-0.2, -0.15) is 0 Å². The Morgan fingerprint density at radius 2 is 1.72 bits per heavy atom. The summed E-state index contributed by atoms with van der Waals surface area (Å²) in [4.78, 5) is 11.6. The van der Waals surface area contributed by atoms with E-state index in [0.717, 1.165) is 11.2 Å². The zero-order chi connectivity index (χ0) is 12.6. The third-order valence-corrected chi connectivity index (χ3v) is 3.33. The molecule has 0 heterocycles. The molecule has 2 nitrogen and oxygen atoms in total. The van der Waals surface area contributed by atoms with E-state index in [-0.39, 0.29) is 0 Å². The van der Waals surface area contributed by atoms with Crippen LogP contribution in [-0.4, -0.2) is 12.2 Å². The van der Waals surface area contributed by atoms with E-state index in [1.807, 2.05) is 54.6 Å². The SMILES string of the molecule is O=Cc1ccc(SCOCc2ccccc2)cc1. The van der Waals surface area contributed by atoms with Gasteiger partial charge in [0.1, 0.15) is 6.29 Å². The van der Waals surface area contributed by atoms with Crippen LogP contribution in [0.5, 0.6) is 0 Å². The maximum Gasteiger partial charge on any atom is 0.150 e.